The van der Waals surface area contributed by atoms with Crippen LogP contribution in [0.1, 0.15) is 44.2 Å². The van der Waals surface area contributed by atoms with Gasteiger partial charge in [0.25, 0.3) is 0 Å². The molecule has 0 amide bonds. The molecule has 2 unspecified atom stereocenters. The highest BCUT2D eigenvalue weighted by atomic mass is 14.6. The number of aryl methyl sites for hydroxylation is 1. The highest BCUT2D eigenvalue weighted by Gasteiger charge is 2.23. The van der Waals surface area contributed by atoms with E-state index in [1.165, 1.54) is 37.7 Å². The molecule has 0 bridgehead atoms. The van der Waals surface area contributed by atoms with E-state index in [0.717, 1.165) is 5.92 Å². The van der Waals surface area contributed by atoms with Crippen LogP contribution in [0.2, 0.25) is 0 Å². The van der Waals surface area contributed by atoms with E-state index in [2.05, 4.69) is 38.1 Å². The van der Waals surface area contributed by atoms with Crippen molar-refractivity contribution in [3.8, 4) is 0 Å². The van der Waals surface area contributed by atoms with E-state index < -0.39 is 0 Å². The van der Waals surface area contributed by atoms with Gasteiger partial charge in [-0.2, -0.15) is 0 Å². The fourth-order valence-corrected chi connectivity index (χ4v) is 2.85. The van der Waals surface area contributed by atoms with Gasteiger partial charge in [0, 0.05) is 6.04 Å². The molecule has 1 nitrogen and oxygen atoms in total. The second kappa shape index (κ2) is 5.68. The number of fused-ring (bicyclic) bond motifs is 1. The van der Waals surface area contributed by atoms with E-state index in [1.54, 1.807) is 5.56 Å². The van der Waals surface area contributed by atoms with Crippen LogP contribution in [-0.4, -0.2) is 6.04 Å². The highest BCUT2D eigenvalue weighted by molar-refractivity contribution is 5.29. The minimum absolute atomic E-state index is 0.394. The number of hydrogen-bond acceptors (Lipinski definition) is 1. The maximum absolute atomic E-state index is 6.35. The standard InChI is InChI=1S/C16H25N/c1-12(2)7-10-16(17)15-9-8-13-5-3-4-6-14(13)11-15/h3-6,12,15-16H,7-11,17H2,1-2H3. The number of nitrogens with two attached hydrogens (primary N) is 1. The monoisotopic (exact) mass is 231 g/mol. The van der Waals surface area contributed by atoms with E-state index in [4.69, 9.17) is 5.73 Å². The van der Waals surface area contributed by atoms with Gasteiger partial charge in [-0.3, -0.25) is 0 Å². The molecule has 0 fully saturated rings. The van der Waals surface area contributed by atoms with Crippen LogP contribution in [0.3, 0.4) is 0 Å². The van der Waals surface area contributed by atoms with Gasteiger partial charge in [0.2, 0.25) is 0 Å². The molecule has 0 radical (unpaired) electrons. The number of benzene rings is 1. The zero-order valence-corrected chi connectivity index (χ0v) is 11.2. The van der Waals surface area contributed by atoms with Crippen molar-refractivity contribution in [2.24, 2.45) is 17.6 Å². The lowest BCUT2D eigenvalue weighted by Crippen LogP contribution is -2.34. The molecular weight excluding hydrogens is 206 g/mol. The summed E-state index contributed by atoms with van der Waals surface area (Å²) in [5.74, 6) is 1.47. The summed E-state index contributed by atoms with van der Waals surface area (Å²) in [7, 11) is 0. The van der Waals surface area contributed by atoms with Crippen molar-refractivity contribution in [1.29, 1.82) is 0 Å². The molecule has 1 aromatic rings. The van der Waals surface area contributed by atoms with Crippen molar-refractivity contribution in [3.63, 3.8) is 0 Å². The molecule has 0 aromatic heterocycles. The minimum atomic E-state index is 0.394. The minimum Gasteiger partial charge on any atom is -0.327 e. The molecule has 17 heavy (non-hydrogen) atoms. The van der Waals surface area contributed by atoms with Crippen molar-refractivity contribution in [1.82, 2.24) is 0 Å². The topological polar surface area (TPSA) is 26.0 Å². The van der Waals surface area contributed by atoms with Gasteiger partial charge in [-0.15, -0.1) is 0 Å². The summed E-state index contributed by atoms with van der Waals surface area (Å²) in [6.07, 6.45) is 6.13. The average molecular weight is 231 g/mol. The Kier molecular flexibility index (Phi) is 4.22. The molecule has 2 N–H and O–H groups in total. The summed E-state index contributed by atoms with van der Waals surface area (Å²) >= 11 is 0. The van der Waals surface area contributed by atoms with Gasteiger partial charge >= 0.3 is 0 Å². The van der Waals surface area contributed by atoms with Crippen LogP contribution in [-0.2, 0) is 12.8 Å². The fourth-order valence-electron chi connectivity index (χ4n) is 2.85. The molecule has 1 heteroatoms. The molecule has 2 rings (SSSR count). The van der Waals surface area contributed by atoms with Crippen LogP contribution in [0.15, 0.2) is 24.3 Å². The quantitative estimate of drug-likeness (QED) is 0.842. The molecule has 1 aliphatic carbocycles. The molecule has 1 aliphatic rings. The maximum Gasteiger partial charge on any atom is 0.00705 e. The third-order valence-corrected chi connectivity index (χ3v) is 4.07. The second-order valence-corrected chi connectivity index (χ2v) is 5.91. The Hall–Kier alpha value is -0.820. The summed E-state index contributed by atoms with van der Waals surface area (Å²) in [6.45, 7) is 4.56. The zero-order valence-electron chi connectivity index (χ0n) is 11.2. The Balaban J connectivity index is 1.93. The first-order chi connectivity index (χ1) is 8.16. The summed E-state index contributed by atoms with van der Waals surface area (Å²) < 4.78 is 0. The summed E-state index contributed by atoms with van der Waals surface area (Å²) in [6, 6.07) is 9.24. The molecule has 1 aromatic carbocycles. The lowest BCUT2D eigenvalue weighted by molar-refractivity contribution is 0.340. The average Bonchev–Trinajstić information content (AvgIpc) is 2.35. The predicted octanol–water partition coefficient (Wildman–Crippen LogP) is 3.56. The lowest BCUT2D eigenvalue weighted by atomic mass is 9.79. The van der Waals surface area contributed by atoms with Gasteiger partial charge in [0.15, 0.2) is 0 Å². The van der Waals surface area contributed by atoms with Gasteiger partial charge in [-0.1, -0.05) is 38.1 Å². The largest absolute Gasteiger partial charge is 0.327 e. The van der Waals surface area contributed by atoms with Crippen LogP contribution >= 0.6 is 0 Å². The number of rotatable bonds is 4. The molecule has 0 heterocycles. The molecule has 2 atom stereocenters. The Labute approximate surface area is 105 Å². The molecule has 0 aliphatic heterocycles. The van der Waals surface area contributed by atoms with Crippen molar-refractivity contribution in [2.75, 3.05) is 0 Å². The molecule has 0 saturated carbocycles. The highest BCUT2D eigenvalue weighted by Crippen LogP contribution is 2.28. The SMILES string of the molecule is CC(C)CCC(N)C1CCc2ccccc2C1. The second-order valence-electron chi connectivity index (χ2n) is 5.91. The van der Waals surface area contributed by atoms with Gasteiger partial charge in [-0.05, 0) is 55.1 Å². The first-order valence-electron chi connectivity index (χ1n) is 6.99. The van der Waals surface area contributed by atoms with E-state index in [0.29, 0.717) is 12.0 Å². The zero-order chi connectivity index (χ0) is 12.3. The summed E-state index contributed by atoms with van der Waals surface area (Å²) in [5, 5.41) is 0. The van der Waals surface area contributed by atoms with Crippen molar-refractivity contribution >= 4 is 0 Å². The normalized spacial score (nSPS) is 21.3. The first-order valence-corrected chi connectivity index (χ1v) is 6.99. The Bertz CT molecular complexity index is 356. The van der Waals surface area contributed by atoms with Crippen molar-refractivity contribution < 1.29 is 0 Å². The molecular formula is C16H25N. The molecule has 0 saturated heterocycles. The Morgan fingerprint density at radius 3 is 2.59 bits per heavy atom. The number of hydrogen-bond donors (Lipinski definition) is 1. The van der Waals surface area contributed by atoms with Gasteiger partial charge in [0.1, 0.15) is 0 Å². The van der Waals surface area contributed by atoms with E-state index in [-0.39, 0.29) is 0 Å². The van der Waals surface area contributed by atoms with Crippen LogP contribution in [0.25, 0.3) is 0 Å². The smallest absolute Gasteiger partial charge is 0.00705 e. The summed E-state index contributed by atoms with van der Waals surface area (Å²) in [4.78, 5) is 0. The van der Waals surface area contributed by atoms with Crippen LogP contribution in [0.4, 0.5) is 0 Å². The summed E-state index contributed by atoms with van der Waals surface area (Å²) in [5.41, 5.74) is 9.43. The maximum atomic E-state index is 6.35. The van der Waals surface area contributed by atoms with E-state index in [9.17, 15) is 0 Å². The van der Waals surface area contributed by atoms with Gasteiger partial charge < -0.3 is 5.73 Å². The Morgan fingerprint density at radius 2 is 1.88 bits per heavy atom. The van der Waals surface area contributed by atoms with Gasteiger partial charge in [-0.25, -0.2) is 0 Å². The van der Waals surface area contributed by atoms with Crippen LogP contribution in [0.5, 0.6) is 0 Å². The predicted molar refractivity (Wildman–Crippen MR) is 74.0 cm³/mol. The third kappa shape index (κ3) is 3.32. The first kappa shape index (κ1) is 12.6. The van der Waals surface area contributed by atoms with Crippen LogP contribution in [0, 0.1) is 11.8 Å². The van der Waals surface area contributed by atoms with E-state index >= 15 is 0 Å². The van der Waals surface area contributed by atoms with Gasteiger partial charge in [0.05, 0.1) is 0 Å². The molecule has 94 valence electrons. The van der Waals surface area contributed by atoms with E-state index in [1.807, 2.05) is 0 Å². The Morgan fingerprint density at radius 1 is 1.18 bits per heavy atom. The fraction of sp³-hybridized carbons (Fsp3) is 0.625. The van der Waals surface area contributed by atoms with Crippen molar-refractivity contribution in [3.05, 3.63) is 35.4 Å². The lowest BCUT2D eigenvalue weighted by Gasteiger charge is -2.29. The van der Waals surface area contributed by atoms with Crippen molar-refractivity contribution in [2.45, 2.75) is 52.0 Å². The van der Waals surface area contributed by atoms with Crippen LogP contribution < -0.4 is 5.73 Å². The third-order valence-electron chi connectivity index (χ3n) is 4.07. The molecule has 0 spiro atoms.